The lowest BCUT2D eigenvalue weighted by Crippen LogP contribution is -2.17. The lowest BCUT2D eigenvalue weighted by atomic mass is 10.2. The number of thioether (sulfide) groups is 1. The molecular weight excluding hydrogens is 293 g/mol. The van der Waals surface area contributed by atoms with Gasteiger partial charge < -0.3 is 5.32 Å². The van der Waals surface area contributed by atoms with Crippen molar-refractivity contribution in [2.75, 3.05) is 29.5 Å². The van der Waals surface area contributed by atoms with Gasteiger partial charge >= 0.3 is 0 Å². The van der Waals surface area contributed by atoms with Crippen LogP contribution in [0, 0.1) is 0 Å². The molecule has 0 bridgehead atoms. The van der Waals surface area contributed by atoms with Crippen LogP contribution >= 0.6 is 34.4 Å². The van der Waals surface area contributed by atoms with E-state index in [0.717, 1.165) is 0 Å². The minimum atomic E-state index is 1.20. The highest BCUT2D eigenvalue weighted by atomic mass is 127. The molecule has 13 heavy (non-hydrogen) atoms. The van der Waals surface area contributed by atoms with Gasteiger partial charge in [-0.3, -0.25) is 0 Å². The second-order valence-electron chi connectivity index (χ2n) is 3.20. The predicted molar refractivity (Wildman–Crippen MR) is 73.2 cm³/mol. The molecule has 0 spiro atoms. The van der Waals surface area contributed by atoms with Crippen LogP contribution in [-0.2, 0) is 0 Å². The van der Waals surface area contributed by atoms with E-state index in [9.17, 15) is 0 Å². The quantitative estimate of drug-likeness (QED) is 0.377. The third-order valence-corrected chi connectivity index (χ3v) is 3.40. The van der Waals surface area contributed by atoms with E-state index in [0.29, 0.717) is 0 Å². The van der Waals surface area contributed by atoms with E-state index in [4.69, 9.17) is 0 Å². The zero-order valence-corrected chi connectivity index (χ0v) is 11.6. The number of hydrogen-bond acceptors (Lipinski definition) is 2. The fourth-order valence-electron chi connectivity index (χ4n) is 1.16. The average molecular weight is 315 g/mol. The Morgan fingerprint density at radius 2 is 1.69 bits per heavy atom. The smallest absolute Gasteiger partial charge is 0.000473 e. The van der Waals surface area contributed by atoms with Crippen LogP contribution in [0.25, 0.3) is 0 Å². The van der Waals surface area contributed by atoms with E-state index in [1.54, 1.807) is 0 Å². The maximum Gasteiger partial charge on any atom is -0.000473 e. The maximum absolute atomic E-state index is 3.48. The molecule has 0 aliphatic carbocycles. The highest BCUT2D eigenvalue weighted by Crippen LogP contribution is 2.01. The molecule has 0 aromatic carbocycles. The van der Waals surface area contributed by atoms with Crippen molar-refractivity contribution < 1.29 is 0 Å². The summed E-state index contributed by atoms with van der Waals surface area (Å²) in [4.78, 5) is 0. The molecule has 0 aromatic rings. The van der Waals surface area contributed by atoms with Crippen LogP contribution in [0.1, 0.15) is 32.1 Å². The minimum absolute atomic E-state index is 1.20. The van der Waals surface area contributed by atoms with Gasteiger partial charge in [0, 0.05) is 0 Å². The van der Waals surface area contributed by atoms with Gasteiger partial charge in [0.2, 0.25) is 0 Å². The summed E-state index contributed by atoms with van der Waals surface area (Å²) in [6.07, 6.45) is 9.05. The van der Waals surface area contributed by atoms with E-state index in [1.807, 2.05) is 11.8 Å². The molecular formula is C10H22INS. The van der Waals surface area contributed by atoms with Gasteiger partial charge in [0.1, 0.15) is 0 Å². The molecule has 0 saturated carbocycles. The monoisotopic (exact) mass is 315 g/mol. The summed E-state index contributed by atoms with van der Waals surface area (Å²) in [5.41, 5.74) is 0. The summed E-state index contributed by atoms with van der Waals surface area (Å²) in [5, 5.41) is 3.48. The van der Waals surface area contributed by atoms with Crippen molar-refractivity contribution in [3.63, 3.8) is 0 Å². The van der Waals surface area contributed by atoms with Gasteiger partial charge in [-0.05, 0) is 48.8 Å². The predicted octanol–water partition coefficient (Wildman–Crippen LogP) is 3.32. The Morgan fingerprint density at radius 3 is 2.38 bits per heavy atom. The van der Waals surface area contributed by atoms with E-state index < -0.39 is 0 Å². The molecule has 0 aliphatic heterocycles. The van der Waals surface area contributed by atoms with Crippen molar-refractivity contribution in [1.29, 1.82) is 0 Å². The third kappa shape index (κ3) is 13.0. The van der Waals surface area contributed by atoms with Gasteiger partial charge in [-0.2, -0.15) is 11.8 Å². The van der Waals surface area contributed by atoms with Crippen molar-refractivity contribution in [2.24, 2.45) is 0 Å². The molecule has 0 saturated heterocycles. The molecule has 1 N–H and O–H groups in total. The SMILES string of the molecule is CSCCCNCCCCCCI. The summed E-state index contributed by atoms with van der Waals surface area (Å²) in [6.45, 7) is 2.42. The van der Waals surface area contributed by atoms with Crippen LogP contribution in [0.3, 0.4) is 0 Å². The topological polar surface area (TPSA) is 12.0 Å². The second kappa shape index (κ2) is 13.0. The number of halogens is 1. The van der Waals surface area contributed by atoms with Gasteiger partial charge in [0.05, 0.1) is 0 Å². The number of unbranched alkanes of at least 4 members (excludes halogenated alkanes) is 3. The lowest BCUT2D eigenvalue weighted by Gasteiger charge is -2.03. The van der Waals surface area contributed by atoms with Crippen molar-refractivity contribution in [1.82, 2.24) is 5.32 Å². The Labute approximate surface area is 101 Å². The van der Waals surface area contributed by atoms with E-state index in [1.165, 1.54) is 55.4 Å². The molecule has 0 aromatic heterocycles. The highest BCUT2D eigenvalue weighted by molar-refractivity contribution is 14.1. The highest BCUT2D eigenvalue weighted by Gasteiger charge is 1.89. The first kappa shape index (κ1) is 14.0. The zero-order chi connectivity index (χ0) is 9.78. The van der Waals surface area contributed by atoms with Crippen LogP contribution in [0.4, 0.5) is 0 Å². The normalized spacial score (nSPS) is 10.6. The Balaban J connectivity index is 2.76. The van der Waals surface area contributed by atoms with Crippen molar-refractivity contribution >= 4 is 34.4 Å². The third-order valence-electron chi connectivity index (χ3n) is 1.94. The number of hydrogen-bond donors (Lipinski definition) is 1. The summed E-state index contributed by atoms with van der Waals surface area (Å²) in [5.74, 6) is 1.29. The van der Waals surface area contributed by atoms with Crippen molar-refractivity contribution in [2.45, 2.75) is 32.1 Å². The molecule has 80 valence electrons. The molecule has 3 heteroatoms. The van der Waals surface area contributed by atoms with Crippen molar-refractivity contribution in [3.05, 3.63) is 0 Å². The van der Waals surface area contributed by atoms with E-state index in [-0.39, 0.29) is 0 Å². The molecule has 1 nitrogen and oxygen atoms in total. The Morgan fingerprint density at radius 1 is 1.00 bits per heavy atom. The lowest BCUT2D eigenvalue weighted by molar-refractivity contribution is 0.598. The first-order valence-corrected chi connectivity index (χ1v) is 8.09. The first-order valence-electron chi connectivity index (χ1n) is 5.17. The fraction of sp³-hybridized carbons (Fsp3) is 1.00. The Bertz CT molecular complexity index is 81.0. The molecule has 0 heterocycles. The molecule has 0 amide bonds. The van der Waals surface area contributed by atoms with Crippen LogP contribution in [0.15, 0.2) is 0 Å². The summed E-state index contributed by atoms with van der Waals surface area (Å²) in [6, 6.07) is 0. The molecule has 0 aliphatic rings. The van der Waals surface area contributed by atoms with Gasteiger partial charge in [0.15, 0.2) is 0 Å². The molecule has 0 unspecified atom stereocenters. The summed E-state index contributed by atoms with van der Waals surface area (Å²) >= 11 is 4.39. The van der Waals surface area contributed by atoms with Gasteiger partial charge in [-0.15, -0.1) is 0 Å². The van der Waals surface area contributed by atoms with E-state index in [2.05, 4.69) is 34.2 Å². The van der Waals surface area contributed by atoms with Gasteiger partial charge in [0.25, 0.3) is 0 Å². The molecule has 0 fully saturated rings. The van der Waals surface area contributed by atoms with E-state index >= 15 is 0 Å². The van der Waals surface area contributed by atoms with Crippen LogP contribution < -0.4 is 5.32 Å². The molecule has 0 rings (SSSR count). The molecule has 0 radical (unpaired) electrons. The Kier molecular flexibility index (Phi) is 14.1. The van der Waals surface area contributed by atoms with Crippen LogP contribution in [0.2, 0.25) is 0 Å². The van der Waals surface area contributed by atoms with Gasteiger partial charge in [-0.25, -0.2) is 0 Å². The standard InChI is InChI=1S/C10H22INS/c1-13-10-6-9-12-8-5-3-2-4-7-11/h12H,2-10H2,1H3. The average Bonchev–Trinajstić information content (AvgIpc) is 2.16. The number of rotatable bonds is 10. The van der Waals surface area contributed by atoms with Crippen LogP contribution in [-0.4, -0.2) is 29.5 Å². The molecule has 0 atom stereocenters. The fourth-order valence-corrected chi connectivity index (χ4v) is 2.14. The largest absolute Gasteiger partial charge is 0.317 e. The maximum atomic E-state index is 3.48. The van der Waals surface area contributed by atoms with Crippen molar-refractivity contribution in [3.8, 4) is 0 Å². The van der Waals surface area contributed by atoms with Crippen LogP contribution in [0.5, 0.6) is 0 Å². The summed E-state index contributed by atoms with van der Waals surface area (Å²) in [7, 11) is 0. The number of nitrogens with one attached hydrogen (secondary N) is 1. The Hall–Kier alpha value is 1.04. The first-order chi connectivity index (χ1) is 6.41. The van der Waals surface area contributed by atoms with Gasteiger partial charge in [-0.1, -0.05) is 35.4 Å². The minimum Gasteiger partial charge on any atom is -0.317 e. The zero-order valence-electron chi connectivity index (χ0n) is 8.65. The number of alkyl halides is 1. The second-order valence-corrected chi connectivity index (χ2v) is 5.26. The summed E-state index contributed by atoms with van der Waals surface area (Å²) < 4.78 is 1.32.